The van der Waals surface area contributed by atoms with Gasteiger partial charge in [0.2, 0.25) is 0 Å². The number of rotatable bonds is 0. The van der Waals surface area contributed by atoms with Crippen molar-refractivity contribution in [3.63, 3.8) is 0 Å². The molecule has 0 N–H and O–H groups in total. The molecule has 0 fully saturated rings. The summed E-state index contributed by atoms with van der Waals surface area (Å²) in [4.78, 5) is 4.11. The molecule has 0 saturated carbocycles. The Morgan fingerprint density at radius 1 is 1.31 bits per heavy atom. The average molecular weight is 216 g/mol. The number of benzene rings is 1. The third-order valence-electron chi connectivity index (χ3n) is 2.47. The lowest BCUT2D eigenvalue weighted by molar-refractivity contribution is 0.285. The van der Waals surface area contributed by atoms with Crippen LogP contribution in [-0.2, 0) is 6.61 Å². The van der Waals surface area contributed by atoms with Gasteiger partial charge in [0.1, 0.15) is 12.4 Å². The first kappa shape index (κ1) is 10.7. The van der Waals surface area contributed by atoms with E-state index in [0.717, 1.165) is 17.1 Å². The Hall–Kier alpha value is -1.77. The van der Waals surface area contributed by atoms with E-state index >= 15 is 0 Å². The molecule has 3 heteroatoms. The summed E-state index contributed by atoms with van der Waals surface area (Å²) in [5, 5.41) is 0. The quantitative estimate of drug-likeness (QED) is 0.676. The Morgan fingerprint density at radius 3 is 2.94 bits per heavy atom. The van der Waals surface area contributed by atoms with Crippen LogP contribution in [0, 0.1) is 6.92 Å². The average Bonchev–Trinajstić information content (AvgIpc) is 2.79. The Morgan fingerprint density at radius 2 is 2.12 bits per heavy atom. The maximum absolute atomic E-state index is 5.63. The SMILES string of the molecule is CC.Cc1ccc2c(c1)OCc1cncn1-2. The van der Waals surface area contributed by atoms with E-state index in [-0.39, 0.29) is 0 Å². The molecule has 1 aromatic heterocycles. The summed E-state index contributed by atoms with van der Waals surface area (Å²) in [7, 11) is 0. The first-order valence-electron chi connectivity index (χ1n) is 5.59. The molecular weight excluding hydrogens is 200 g/mol. The van der Waals surface area contributed by atoms with E-state index in [4.69, 9.17) is 4.74 Å². The summed E-state index contributed by atoms with van der Waals surface area (Å²) in [6.45, 7) is 6.67. The monoisotopic (exact) mass is 216 g/mol. The molecule has 2 heterocycles. The topological polar surface area (TPSA) is 27.1 Å². The smallest absolute Gasteiger partial charge is 0.144 e. The van der Waals surface area contributed by atoms with Crippen molar-refractivity contribution >= 4 is 0 Å². The fraction of sp³-hybridized carbons (Fsp3) is 0.308. The number of aryl methyl sites for hydroxylation is 1. The summed E-state index contributed by atoms with van der Waals surface area (Å²) in [6, 6.07) is 6.20. The Labute approximate surface area is 95.7 Å². The second-order valence-electron chi connectivity index (χ2n) is 3.51. The molecule has 3 rings (SSSR count). The minimum absolute atomic E-state index is 0.608. The zero-order valence-electron chi connectivity index (χ0n) is 9.90. The van der Waals surface area contributed by atoms with E-state index in [1.54, 1.807) is 0 Å². The summed E-state index contributed by atoms with van der Waals surface area (Å²) in [5.74, 6) is 0.940. The third kappa shape index (κ3) is 1.69. The fourth-order valence-electron chi connectivity index (χ4n) is 1.73. The zero-order valence-corrected chi connectivity index (χ0v) is 9.90. The van der Waals surface area contributed by atoms with Crippen molar-refractivity contribution in [2.75, 3.05) is 0 Å². The van der Waals surface area contributed by atoms with Crippen molar-refractivity contribution in [3.05, 3.63) is 42.0 Å². The van der Waals surface area contributed by atoms with Crippen molar-refractivity contribution in [2.24, 2.45) is 0 Å². The molecule has 3 nitrogen and oxygen atoms in total. The summed E-state index contributed by atoms with van der Waals surface area (Å²) in [5.41, 5.74) is 3.39. The molecule has 0 unspecified atom stereocenters. The van der Waals surface area contributed by atoms with E-state index in [9.17, 15) is 0 Å². The van der Waals surface area contributed by atoms with Crippen LogP contribution in [0.15, 0.2) is 30.7 Å². The molecule has 0 atom stereocenters. The second-order valence-corrected chi connectivity index (χ2v) is 3.51. The van der Waals surface area contributed by atoms with Crippen LogP contribution >= 0.6 is 0 Å². The minimum Gasteiger partial charge on any atom is -0.485 e. The number of aromatic nitrogens is 2. The van der Waals surface area contributed by atoms with Gasteiger partial charge in [-0.2, -0.15) is 0 Å². The molecule has 1 aliphatic rings. The van der Waals surface area contributed by atoms with Gasteiger partial charge in [-0.05, 0) is 24.6 Å². The van der Waals surface area contributed by atoms with Gasteiger partial charge in [0.25, 0.3) is 0 Å². The molecule has 2 aromatic rings. The molecule has 0 amide bonds. The van der Waals surface area contributed by atoms with Crippen molar-refractivity contribution in [3.8, 4) is 11.4 Å². The van der Waals surface area contributed by atoms with Crippen LogP contribution in [0.2, 0.25) is 0 Å². The van der Waals surface area contributed by atoms with Crippen LogP contribution in [-0.4, -0.2) is 9.55 Å². The van der Waals surface area contributed by atoms with Crippen molar-refractivity contribution < 1.29 is 4.74 Å². The van der Waals surface area contributed by atoms with Crippen LogP contribution in [0.4, 0.5) is 0 Å². The summed E-state index contributed by atoms with van der Waals surface area (Å²) >= 11 is 0. The predicted molar refractivity (Wildman–Crippen MR) is 64.0 cm³/mol. The van der Waals surface area contributed by atoms with Gasteiger partial charge in [0.05, 0.1) is 23.9 Å². The molecule has 0 aliphatic carbocycles. The second kappa shape index (κ2) is 4.39. The largest absolute Gasteiger partial charge is 0.485 e. The Balaban J connectivity index is 0.000000457. The first-order valence-corrected chi connectivity index (χ1v) is 5.59. The predicted octanol–water partition coefficient (Wildman–Crippen LogP) is 3.10. The molecule has 0 radical (unpaired) electrons. The van der Waals surface area contributed by atoms with Gasteiger partial charge in [0, 0.05) is 0 Å². The first-order chi connectivity index (χ1) is 7.84. The van der Waals surface area contributed by atoms with E-state index in [0.29, 0.717) is 6.61 Å². The highest BCUT2D eigenvalue weighted by Crippen LogP contribution is 2.29. The Bertz CT molecular complexity index is 488. The molecule has 84 valence electrons. The Kier molecular flexibility index (Phi) is 2.95. The number of hydrogen-bond donors (Lipinski definition) is 0. The van der Waals surface area contributed by atoms with Gasteiger partial charge < -0.3 is 4.74 Å². The molecular formula is C13H16N2O. The van der Waals surface area contributed by atoms with Gasteiger partial charge in [-0.1, -0.05) is 19.9 Å². The van der Waals surface area contributed by atoms with Gasteiger partial charge in [-0.25, -0.2) is 4.98 Å². The highest BCUT2D eigenvalue weighted by atomic mass is 16.5. The van der Waals surface area contributed by atoms with Gasteiger partial charge >= 0.3 is 0 Å². The number of nitrogens with zero attached hydrogens (tertiary/aromatic N) is 2. The maximum atomic E-state index is 5.63. The zero-order chi connectivity index (χ0) is 11.5. The molecule has 0 spiro atoms. The highest BCUT2D eigenvalue weighted by Gasteiger charge is 2.15. The lowest BCUT2D eigenvalue weighted by Crippen LogP contribution is -2.11. The maximum Gasteiger partial charge on any atom is 0.144 e. The highest BCUT2D eigenvalue weighted by molar-refractivity contribution is 5.51. The lowest BCUT2D eigenvalue weighted by atomic mass is 10.2. The van der Waals surface area contributed by atoms with E-state index in [2.05, 4.69) is 34.7 Å². The third-order valence-corrected chi connectivity index (χ3v) is 2.47. The summed E-state index contributed by atoms with van der Waals surface area (Å²) < 4.78 is 7.70. The molecule has 0 bridgehead atoms. The number of ether oxygens (including phenoxy) is 1. The van der Waals surface area contributed by atoms with E-state index < -0.39 is 0 Å². The van der Waals surface area contributed by atoms with E-state index in [1.165, 1.54) is 5.56 Å². The number of hydrogen-bond acceptors (Lipinski definition) is 2. The van der Waals surface area contributed by atoms with E-state index in [1.807, 2.05) is 26.4 Å². The van der Waals surface area contributed by atoms with Gasteiger partial charge in [-0.3, -0.25) is 4.57 Å². The number of fused-ring (bicyclic) bond motifs is 3. The van der Waals surface area contributed by atoms with Crippen molar-refractivity contribution in [1.82, 2.24) is 9.55 Å². The van der Waals surface area contributed by atoms with Crippen LogP contribution in [0.5, 0.6) is 5.75 Å². The fourth-order valence-corrected chi connectivity index (χ4v) is 1.73. The van der Waals surface area contributed by atoms with Gasteiger partial charge in [0.15, 0.2) is 0 Å². The van der Waals surface area contributed by atoms with Crippen LogP contribution in [0.3, 0.4) is 0 Å². The standard InChI is InChI=1S/C11H10N2O.C2H6/c1-8-2-3-10-11(4-8)14-6-9-5-12-7-13(9)10;1-2/h2-5,7H,6H2,1H3;1-2H3. The normalized spacial score (nSPS) is 11.7. The summed E-state index contributed by atoms with van der Waals surface area (Å²) in [6.07, 6.45) is 3.66. The lowest BCUT2D eigenvalue weighted by Gasteiger charge is -2.19. The van der Waals surface area contributed by atoms with Crippen LogP contribution in [0.1, 0.15) is 25.1 Å². The molecule has 0 saturated heterocycles. The van der Waals surface area contributed by atoms with Crippen LogP contribution in [0.25, 0.3) is 5.69 Å². The van der Waals surface area contributed by atoms with Crippen LogP contribution < -0.4 is 4.74 Å². The number of imidazole rings is 1. The molecule has 1 aliphatic heterocycles. The van der Waals surface area contributed by atoms with Crippen molar-refractivity contribution in [2.45, 2.75) is 27.4 Å². The molecule has 16 heavy (non-hydrogen) atoms. The minimum atomic E-state index is 0.608. The van der Waals surface area contributed by atoms with Gasteiger partial charge in [-0.15, -0.1) is 0 Å². The van der Waals surface area contributed by atoms with Crippen molar-refractivity contribution in [1.29, 1.82) is 0 Å². The molecule has 1 aromatic carbocycles.